The Hall–Kier alpha value is -2.62. The van der Waals surface area contributed by atoms with Crippen LogP contribution in [0.25, 0.3) is 0 Å². The normalized spacial score (nSPS) is 15.6. The summed E-state index contributed by atoms with van der Waals surface area (Å²) in [6, 6.07) is 13.9. The first kappa shape index (κ1) is 25.0. The average molecular weight is 476 g/mol. The maximum absolute atomic E-state index is 13.1. The Morgan fingerprint density at radius 1 is 1.15 bits per heavy atom. The SMILES string of the molecule is CCC(C(=O)NCc1cccc(CN2CCOCC2)c1)N(c1ccc(OC)cc1)S(C)(=O)=O. The van der Waals surface area contributed by atoms with Crippen LogP contribution in [0.4, 0.5) is 5.69 Å². The predicted molar refractivity (Wildman–Crippen MR) is 129 cm³/mol. The van der Waals surface area contributed by atoms with Crippen molar-refractivity contribution < 1.29 is 22.7 Å². The van der Waals surface area contributed by atoms with Crippen molar-refractivity contribution in [1.82, 2.24) is 10.2 Å². The number of ether oxygens (including phenoxy) is 2. The number of methoxy groups -OCH3 is 1. The Morgan fingerprint density at radius 2 is 1.82 bits per heavy atom. The zero-order valence-corrected chi connectivity index (χ0v) is 20.3. The standard InChI is InChI=1S/C24H33N3O5S/c1-4-23(27(33(3,29)30)21-8-10-22(31-2)11-9-21)24(28)25-17-19-6-5-7-20(16-19)18-26-12-14-32-15-13-26/h5-11,16,23H,4,12-15,17-18H2,1-3H3,(H,25,28). The van der Waals surface area contributed by atoms with E-state index in [9.17, 15) is 13.2 Å². The van der Waals surface area contributed by atoms with Crippen molar-refractivity contribution in [2.75, 3.05) is 44.0 Å². The smallest absolute Gasteiger partial charge is 0.244 e. The maximum Gasteiger partial charge on any atom is 0.244 e. The fourth-order valence-corrected chi connectivity index (χ4v) is 5.16. The third kappa shape index (κ3) is 6.93. The molecule has 0 aliphatic carbocycles. The molecule has 1 aliphatic rings. The molecule has 1 atom stereocenters. The number of carbonyl (C=O) groups is 1. The molecule has 0 aromatic heterocycles. The number of benzene rings is 2. The van der Waals surface area contributed by atoms with Gasteiger partial charge in [-0.15, -0.1) is 0 Å². The van der Waals surface area contributed by atoms with Gasteiger partial charge in [0.15, 0.2) is 0 Å². The van der Waals surface area contributed by atoms with Crippen LogP contribution >= 0.6 is 0 Å². The second-order valence-electron chi connectivity index (χ2n) is 8.11. The molecule has 8 nitrogen and oxygen atoms in total. The van der Waals surface area contributed by atoms with Crippen LogP contribution in [-0.2, 0) is 32.6 Å². The molecule has 3 rings (SSSR count). The average Bonchev–Trinajstić information content (AvgIpc) is 2.81. The van der Waals surface area contributed by atoms with Gasteiger partial charge in [-0.2, -0.15) is 0 Å². The monoisotopic (exact) mass is 475 g/mol. The van der Waals surface area contributed by atoms with Gasteiger partial charge in [0.2, 0.25) is 15.9 Å². The predicted octanol–water partition coefficient (Wildman–Crippen LogP) is 2.39. The highest BCUT2D eigenvalue weighted by atomic mass is 32.2. The summed E-state index contributed by atoms with van der Waals surface area (Å²) in [7, 11) is -2.14. The molecular weight excluding hydrogens is 442 g/mol. The highest BCUT2D eigenvalue weighted by Crippen LogP contribution is 2.25. The van der Waals surface area contributed by atoms with E-state index in [2.05, 4.69) is 22.3 Å². The first-order valence-corrected chi connectivity index (χ1v) is 13.0. The Kier molecular flexibility index (Phi) is 8.71. The van der Waals surface area contributed by atoms with Crippen LogP contribution in [-0.4, -0.2) is 64.9 Å². The second kappa shape index (κ2) is 11.5. The van der Waals surface area contributed by atoms with Gasteiger partial charge in [0.1, 0.15) is 11.8 Å². The second-order valence-corrected chi connectivity index (χ2v) is 9.97. The minimum Gasteiger partial charge on any atom is -0.497 e. The van der Waals surface area contributed by atoms with Crippen LogP contribution in [0.1, 0.15) is 24.5 Å². The van der Waals surface area contributed by atoms with Crippen molar-refractivity contribution in [3.63, 3.8) is 0 Å². The van der Waals surface area contributed by atoms with Gasteiger partial charge in [0.25, 0.3) is 0 Å². The molecule has 1 unspecified atom stereocenters. The van der Waals surface area contributed by atoms with Gasteiger partial charge < -0.3 is 14.8 Å². The molecule has 0 saturated carbocycles. The number of nitrogens with zero attached hydrogens (tertiary/aromatic N) is 2. The molecule has 33 heavy (non-hydrogen) atoms. The van der Waals surface area contributed by atoms with Crippen LogP contribution in [0.3, 0.4) is 0 Å². The third-order valence-electron chi connectivity index (χ3n) is 5.62. The molecule has 180 valence electrons. The third-order valence-corrected chi connectivity index (χ3v) is 6.80. The number of nitrogens with one attached hydrogen (secondary N) is 1. The molecule has 1 heterocycles. The fourth-order valence-electron chi connectivity index (χ4n) is 3.95. The number of hydrogen-bond donors (Lipinski definition) is 1. The molecule has 2 aromatic rings. The summed E-state index contributed by atoms with van der Waals surface area (Å²) in [6.45, 7) is 6.28. The summed E-state index contributed by atoms with van der Waals surface area (Å²) in [5, 5.41) is 2.92. The molecule has 1 saturated heterocycles. The van der Waals surface area contributed by atoms with Crippen molar-refractivity contribution in [3.05, 3.63) is 59.7 Å². The molecule has 0 radical (unpaired) electrons. The summed E-state index contributed by atoms with van der Waals surface area (Å²) in [5.41, 5.74) is 2.57. The lowest BCUT2D eigenvalue weighted by molar-refractivity contribution is -0.122. The van der Waals surface area contributed by atoms with Crippen molar-refractivity contribution in [2.45, 2.75) is 32.5 Å². The molecule has 9 heteroatoms. The van der Waals surface area contributed by atoms with E-state index in [1.807, 2.05) is 12.1 Å². The number of amides is 1. The Balaban J connectivity index is 1.69. The minimum absolute atomic E-state index is 0.326. The van der Waals surface area contributed by atoms with Crippen molar-refractivity contribution in [3.8, 4) is 5.75 Å². The van der Waals surface area contributed by atoms with E-state index >= 15 is 0 Å². The largest absolute Gasteiger partial charge is 0.497 e. The number of anilines is 1. The van der Waals surface area contributed by atoms with Crippen LogP contribution in [0.15, 0.2) is 48.5 Å². The van der Waals surface area contributed by atoms with Gasteiger partial charge in [-0.1, -0.05) is 31.2 Å². The van der Waals surface area contributed by atoms with Crippen LogP contribution in [0, 0.1) is 0 Å². The quantitative estimate of drug-likeness (QED) is 0.568. The summed E-state index contributed by atoms with van der Waals surface area (Å²) >= 11 is 0. The zero-order chi connectivity index (χ0) is 23.8. The van der Waals surface area contributed by atoms with Crippen molar-refractivity contribution in [2.24, 2.45) is 0 Å². The lowest BCUT2D eigenvalue weighted by Gasteiger charge is -2.30. The fraction of sp³-hybridized carbons (Fsp3) is 0.458. The summed E-state index contributed by atoms with van der Waals surface area (Å²) in [5.74, 6) is 0.277. The lowest BCUT2D eigenvalue weighted by Crippen LogP contribution is -2.49. The Labute approximate surface area is 196 Å². The molecular formula is C24H33N3O5S. The Morgan fingerprint density at radius 3 is 2.42 bits per heavy atom. The number of morpholine rings is 1. The number of sulfonamides is 1. The lowest BCUT2D eigenvalue weighted by atomic mass is 10.1. The van der Waals surface area contributed by atoms with Crippen LogP contribution < -0.4 is 14.4 Å². The minimum atomic E-state index is -3.68. The maximum atomic E-state index is 13.1. The first-order chi connectivity index (χ1) is 15.8. The highest BCUT2D eigenvalue weighted by molar-refractivity contribution is 7.92. The van der Waals surface area contributed by atoms with Gasteiger partial charge in [0.05, 0.1) is 32.3 Å². The van der Waals surface area contributed by atoms with E-state index in [4.69, 9.17) is 9.47 Å². The van der Waals surface area contributed by atoms with Crippen molar-refractivity contribution >= 4 is 21.6 Å². The zero-order valence-electron chi connectivity index (χ0n) is 19.5. The van der Waals surface area contributed by atoms with Crippen LogP contribution in [0.5, 0.6) is 5.75 Å². The molecule has 1 amide bonds. The van der Waals surface area contributed by atoms with E-state index < -0.39 is 16.1 Å². The van der Waals surface area contributed by atoms with E-state index in [0.29, 0.717) is 24.4 Å². The van der Waals surface area contributed by atoms with Gasteiger partial charge in [-0.25, -0.2) is 8.42 Å². The topological polar surface area (TPSA) is 88.2 Å². The van der Waals surface area contributed by atoms with E-state index in [1.54, 1.807) is 38.3 Å². The molecule has 1 aliphatic heterocycles. The van der Waals surface area contributed by atoms with Gasteiger partial charge in [0, 0.05) is 26.2 Å². The number of hydrogen-bond acceptors (Lipinski definition) is 6. The molecule has 1 fully saturated rings. The molecule has 1 N–H and O–H groups in total. The van der Waals surface area contributed by atoms with Gasteiger partial charge in [-0.3, -0.25) is 14.0 Å². The summed E-state index contributed by atoms with van der Waals surface area (Å²) in [6.07, 6.45) is 1.45. The van der Waals surface area contributed by atoms with Crippen molar-refractivity contribution in [1.29, 1.82) is 0 Å². The van der Waals surface area contributed by atoms with Gasteiger partial charge >= 0.3 is 0 Å². The van der Waals surface area contributed by atoms with Gasteiger partial charge in [-0.05, 0) is 41.8 Å². The summed E-state index contributed by atoms with van der Waals surface area (Å²) in [4.78, 5) is 15.4. The molecule has 2 aromatic carbocycles. The van der Waals surface area contributed by atoms with E-state index in [-0.39, 0.29) is 5.91 Å². The number of rotatable bonds is 10. The highest BCUT2D eigenvalue weighted by Gasteiger charge is 2.31. The van der Waals surface area contributed by atoms with E-state index in [1.165, 1.54) is 9.87 Å². The molecule has 0 spiro atoms. The molecule has 0 bridgehead atoms. The van der Waals surface area contributed by atoms with Crippen LogP contribution in [0.2, 0.25) is 0 Å². The van der Waals surface area contributed by atoms with E-state index in [0.717, 1.165) is 44.7 Å². The Bertz CT molecular complexity index is 1020. The first-order valence-electron chi connectivity index (χ1n) is 11.1. The summed E-state index contributed by atoms with van der Waals surface area (Å²) < 4.78 is 36.9. The number of carbonyl (C=O) groups excluding carboxylic acids is 1.